The van der Waals surface area contributed by atoms with E-state index in [1.54, 1.807) is 19.2 Å². The van der Waals surface area contributed by atoms with Crippen molar-refractivity contribution in [3.8, 4) is 5.75 Å². The van der Waals surface area contributed by atoms with Crippen LogP contribution in [0.5, 0.6) is 5.75 Å². The summed E-state index contributed by atoms with van der Waals surface area (Å²) in [6, 6.07) is 7.25. The highest BCUT2D eigenvalue weighted by atomic mass is 16.3. The molecule has 2 rings (SSSR count). The summed E-state index contributed by atoms with van der Waals surface area (Å²) >= 11 is 0. The molecule has 2 aromatic rings. The molecular formula is C13H14N2O2. The van der Waals surface area contributed by atoms with Gasteiger partial charge >= 0.3 is 0 Å². The van der Waals surface area contributed by atoms with Gasteiger partial charge in [0, 0.05) is 25.2 Å². The Morgan fingerprint density at radius 2 is 2.12 bits per heavy atom. The van der Waals surface area contributed by atoms with Gasteiger partial charge < -0.3 is 9.67 Å². The van der Waals surface area contributed by atoms with E-state index in [-0.39, 0.29) is 16.9 Å². The fraction of sp³-hybridized carbons (Fsp3) is 0.231. The Morgan fingerprint density at radius 1 is 1.41 bits per heavy atom. The van der Waals surface area contributed by atoms with Gasteiger partial charge in [-0.1, -0.05) is 12.1 Å². The Balaban J connectivity index is 2.86. The van der Waals surface area contributed by atoms with Crippen molar-refractivity contribution in [2.75, 3.05) is 6.54 Å². The lowest BCUT2D eigenvalue weighted by Gasteiger charge is -2.08. The molecule has 88 valence electrons. The zero-order chi connectivity index (χ0) is 12.4. The average Bonchev–Trinajstić information content (AvgIpc) is 2.36. The number of aromatic nitrogens is 1. The second-order valence-corrected chi connectivity index (χ2v) is 3.77. The van der Waals surface area contributed by atoms with E-state index in [9.17, 15) is 9.90 Å². The van der Waals surface area contributed by atoms with E-state index in [1.165, 1.54) is 10.8 Å². The Bertz CT molecular complexity index is 642. The predicted molar refractivity (Wildman–Crippen MR) is 69.0 cm³/mol. The molecule has 0 unspecified atom stereocenters. The van der Waals surface area contributed by atoms with Gasteiger partial charge in [-0.25, -0.2) is 0 Å². The van der Waals surface area contributed by atoms with Crippen LogP contribution in [0.1, 0.15) is 12.5 Å². The molecular weight excluding hydrogens is 216 g/mol. The molecule has 0 atom stereocenters. The highest BCUT2D eigenvalue weighted by molar-refractivity contribution is 5.94. The quantitative estimate of drug-likeness (QED) is 0.798. The smallest absolute Gasteiger partial charge is 0.263 e. The molecule has 1 aromatic heterocycles. The number of aryl methyl sites for hydroxylation is 1. The molecule has 4 heteroatoms. The van der Waals surface area contributed by atoms with Gasteiger partial charge in [0.2, 0.25) is 0 Å². The highest BCUT2D eigenvalue weighted by Gasteiger charge is 2.11. The lowest BCUT2D eigenvalue weighted by molar-refractivity contribution is 0.478. The average molecular weight is 230 g/mol. The molecule has 1 N–H and O–H groups in total. The van der Waals surface area contributed by atoms with Gasteiger partial charge in [-0.15, -0.1) is 0 Å². The molecule has 0 fully saturated rings. The standard InChI is InChI=1S/C13H14N2O2/c1-3-14-8-10-12(16)9-6-4-5-7-11(9)15(2)13(10)17/h4-8,16H,3H2,1-2H3. The molecule has 0 bridgehead atoms. The van der Waals surface area contributed by atoms with Gasteiger partial charge in [0.25, 0.3) is 5.56 Å². The summed E-state index contributed by atoms with van der Waals surface area (Å²) in [5.74, 6) is 0.000833. The molecule has 0 saturated heterocycles. The number of para-hydroxylation sites is 1. The van der Waals surface area contributed by atoms with Crippen molar-refractivity contribution in [2.24, 2.45) is 12.0 Å². The number of hydrogen-bond donors (Lipinski definition) is 1. The van der Waals surface area contributed by atoms with Crippen molar-refractivity contribution in [1.82, 2.24) is 4.57 Å². The van der Waals surface area contributed by atoms with E-state index >= 15 is 0 Å². The maximum Gasteiger partial charge on any atom is 0.263 e. The van der Waals surface area contributed by atoms with Crippen LogP contribution in [0.4, 0.5) is 0 Å². The molecule has 0 spiro atoms. The minimum absolute atomic E-state index is 0.000833. The Hall–Kier alpha value is -2.10. The van der Waals surface area contributed by atoms with Crippen molar-refractivity contribution in [3.63, 3.8) is 0 Å². The summed E-state index contributed by atoms with van der Waals surface area (Å²) in [4.78, 5) is 16.0. The van der Waals surface area contributed by atoms with Crippen molar-refractivity contribution in [2.45, 2.75) is 6.92 Å². The molecule has 17 heavy (non-hydrogen) atoms. The first-order chi connectivity index (χ1) is 8.16. The summed E-state index contributed by atoms with van der Waals surface area (Å²) < 4.78 is 1.52. The van der Waals surface area contributed by atoms with Gasteiger partial charge in [-0.05, 0) is 19.1 Å². The molecule has 1 heterocycles. The van der Waals surface area contributed by atoms with E-state index in [0.717, 1.165) is 0 Å². The molecule has 0 amide bonds. The maximum atomic E-state index is 12.0. The van der Waals surface area contributed by atoms with Crippen LogP contribution in [0.15, 0.2) is 34.1 Å². The maximum absolute atomic E-state index is 12.0. The second-order valence-electron chi connectivity index (χ2n) is 3.77. The van der Waals surface area contributed by atoms with Gasteiger partial charge in [-0.3, -0.25) is 9.79 Å². The van der Waals surface area contributed by atoms with Crippen molar-refractivity contribution >= 4 is 17.1 Å². The lowest BCUT2D eigenvalue weighted by Crippen LogP contribution is -2.21. The first-order valence-corrected chi connectivity index (χ1v) is 5.47. The minimum atomic E-state index is -0.238. The second kappa shape index (κ2) is 4.41. The van der Waals surface area contributed by atoms with Gasteiger partial charge in [0.1, 0.15) is 11.3 Å². The third kappa shape index (κ3) is 1.82. The van der Waals surface area contributed by atoms with Crippen LogP contribution < -0.4 is 5.56 Å². The number of nitrogens with zero attached hydrogens (tertiary/aromatic N) is 2. The van der Waals surface area contributed by atoms with E-state index in [4.69, 9.17) is 0 Å². The molecule has 1 aromatic carbocycles. The number of aromatic hydroxyl groups is 1. The summed E-state index contributed by atoms with van der Waals surface area (Å²) in [5, 5.41) is 10.7. The highest BCUT2D eigenvalue weighted by Crippen LogP contribution is 2.24. The van der Waals surface area contributed by atoms with Crippen LogP contribution in [-0.4, -0.2) is 22.4 Å². The van der Waals surface area contributed by atoms with Gasteiger partial charge in [-0.2, -0.15) is 0 Å². The lowest BCUT2D eigenvalue weighted by atomic mass is 10.1. The van der Waals surface area contributed by atoms with Crippen LogP contribution in [0.2, 0.25) is 0 Å². The van der Waals surface area contributed by atoms with Crippen LogP contribution in [0.3, 0.4) is 0 Å². The van der Waals surface area contributed by atoms with Crippen molar-refractivity contribution in [1.29, 1.82) is 0 Å². The van der Waals surface area contributed by atoms with Gasteiger partial charge in [0.15, 0.2) is 0 Å². The normalized spacial score (nSPS) is 11.4. The van der Waals surface area contributed by atoms with Gasteiger partial charge in [0.05, 0.1) is 5.52 Å². The van der Waals surface area contributed by atoms with Crippen molar-refractivity contribution < 1.29 is 5.11 Å². The zero-order valence-electron chi connectivity index (χ0n) is 9.84. The van der Waals surface area contributed by atoms with Crippen LogP contribution in [0.25, 0.3) is 10.9 Å². The minimum Gasteiger partial charge on any atom is -0.506 e. The zero-order valence-corrected chi connectivity index (χ0v) is 9.84. The summed E-state index contributed by atoms with van der Waals surface area (Å²) in [6.45, 7) is 2.45. The molecule has 4 nitrogen and oxygen atoms in total. The molecule has 0 aliphatic rings. The molecule has 0 aliphatic heterocycles. The summed E-state index contributed by atoms with van der Waals surface area (Å²) in [6.07, 6.45) is 1.43. The number of hydrogen-bond acceptors (Lipinski definition) is 3. The summed E-state index contributed by atoms with van der Waals surface area (Å²) in [7, 11) is 1.69. The SMILES string of the molecule is CCN=Cc1c(O)c2ccccc2n(C)c1=O. The Kier molecular flexibility index (Phi) is 2.95. The molecule has 0 saturated carbocycles. The van der Waals surface area contributed by atoms with E-state index in [1.807, 2.05) is 19.1 Å². The predicted octanol–water partition coefficient (Wildman–Crippen LogP) is 1.68. The number of fused-ring (bicyclic) bond motifs is 1. The van der Waals surface area contributed by atoms with E-state index in [2.05, 4.69) is 4.99 Å². The number of pyridine rings is 1. The Labute approximate surface area is 98.9 Å². The van der Waals surface area contributed by atoms with E-state index < -0.39 is 0 Å². The number of rotatable bonds is 2. The van der Waals surface area contributed by atoms with Crippen molar-refractivity contribution in [3.05, 3.63) is 40.2 Å². The largest absolute Gasteiger partial charge is 0.506 e. The van der Waals surface area contributed by atoms with Crippen LogP contribution in [0, 0.1) is 0 Å². The monoisotopic (exact) mass is 230 g/mol. The first kappa shape index (κ1) is 11.4. The Morgan fingerprint density at radius 3 is 2.82 bits per heavy atom. The fourth-order valence-electron chi connectivity index (χ4n) is 1.80. The topological polar surface area (TPSA) is 54.6 Å². The summed E-state index contributed by atoms with van der Waals surface area (Å²) in [5.41, 5.74) is 0.718. The number of benzene rings is 1. The fourth-order valence-corrected chi connectivity index (χ4v) is 1.80. The molecule has 0 aliphatic carbocycles. The number of aliphatic imine (C=N–C) groups is 1. The third-order valence-electron chi connectivity index (χ3n) is 2.71. The van der Waals surface area contributed by atoms with E-state index in [0.29, 0.717) is 17.4 Å². The first-order valence-electron chi connectivity index (χ1n) is 5.47. The van der Waals surface area contributed by atoms with Crippen LogP contribution >= 0.6 is 0 Å². The third-order valence-corrected chi connectivity index (χ3v) is 2.71. The van der Waals surface area contributed by atoms with Crippen LogP contribution in [-0.2, 0) is 7.05 Å². The molecule has 0 radical (unpaired) electrons.